The van der Waals surface area contributed by atoms with E-state index in [0.29, 0.717) is 4.48 Å². The summed E-state index contributed by atoms with van der Waals surface area (Å²) in [4.78, 5) is 0. The first kappa shape index (κ1) is 10.0. The molecule has 0 aromatic carbocycles. The second kappa shape index (κ2) is 3.43. The van der Waals surface area contributed by atoms with Gasteiger partial charge in [-0.15, -0.1) is 0 Å². The number of hydrogen-bond donors (Lipinski definition) is 1. The molecule has 0 saturated carbocycles. The van der Waals surface area contributed by atoms with Crippen molar-refractivity contribution in [2.75, 3.05) is 27.7 Å². The molecule has 5 heteroatoms. The highest BCUT2D eigenvalue weighted by Crippen LogP contribution is 1.96. The predicted molar refractivity (Wildman–Crippen MR) is 37.8 cm³/mol. The number of aliphatic hydroxyl groups is 1. The summed E-state index contributed by atoms with van der Waals surface area (Å²) in [5.74, 6) is 0. The molecule has 0 bridgehead atoms. The molecule has 0 radical (unpaired) electrons. The zero-order valence-electron chi connectivity index (χ0n) is 6.40. The van der Waals surface area contributed by atoms with E-state index in [9.17, 15) is 8.76 Å². The molecule has 0 fully saturated rings. The van der Waals surface area contributed by atoms with Crippen LogP contribution in [0.15, 0.2) is 0 Å². The minimum atomic E-state index is -2.37. The quantitative estimate of drug-likeness (QED) is 0.428. The fourth-order valence-corrected chi connectivity index (χ4v) is 1.10. The Morgan fingerprint density at radius 1 is 1.60 bits per heavy atom. The molecular formula is C5H13NO3S. The lowest BCUT2D eigenvalue weighted by Crippen LogP contribution is -2.42. The zero-order chi connectivity index (χ0) is 8.36. The van der Waals surface area contributed by atoms with E-state index in [-0.39, 0.29) is 6.54 Å². The minimum Gasteiger partial charge on any atom is -0.770 e. The second-order valence-corrected chi connectivity index (χ2v) is 4.25. The first-order valence-electron chi connectivity index (χ1n) is 2.89. The van der Waals surface area contributed by atoms with Crippen LogP contribution in [0.5, 0.6) is 0 Å². The Bertz CT molecular complexity index is 131. The number of nitrogens with zero attached hydrogens (tertiary/aromatic N) is 1. The van der Waals surface area contributed by atoms with Gasteiger partial charge in [0.05, 0.1) is 21.1 Å². The molecule has 0 aromatic heterocycles. The van der Waals surface area contributed by atoms with Gasteiger partial charge in [-0.2, -0.15) is 0 Å². The van der Waals surface area contributed by atoms with E-state index in [0.717, 1.165) is 0 Å². The molecular weight excluding hydrogens is 154 g/mol. The van der Waals surface area contributed by atoms with E-state index in [1.165, 1.54) is 0 Å². The molecule has 0 aliphatic carbocycles. The number of rotatable bonds is 3. The van der Waals surface area contributed by atoms with E-state index in [2.05, 4.69) is 0 Å². The van der Waals surface area contributed by atoms with Crippen LogP contribution in [0.1, 0.15) is 0 Å². The molecule has 0 amide bonds. The molecule has 0 heterocycles. The first-order chi connectivity index (χ1) is 4.33. The maximum absolute atomic E-state index is 10.1. The zero-order valence-corrected chi connectivity index (χ0v) is 7.22. The predicted octanol–water partition coefficient (Wildman–Crippen LogP) is -1.11. The van der Waals surface area contributed by atoms with Crippen LogP contribution in [0.2, 0.25) is 0 Å². The molecule has 0 saturated heterocycles. The summed E-state index contributed by atoms with van der Waals surface area (Å²) in [5.41, 5.74) is -1.25. The van der Waals surface area contributed by atoms with Crippen LogP contribution in [-0.2, 0) is 11.1 Å². The summed E-state index contributed by atoms with van der Waals surface area (Å²) < 4.78 is 20.7. The summed E-state index contributed by atoms with van der Waals surface area (Å²) >= 11 is -2.37. The van der Waals surface area contributed by atoms with Crippen molar-refractivity contribution < 1.29 is 18.4 Å². The monoisotopic (exact) mass is 167 g/mol. The number of likely N-dealkylation sites (N-methyl/N-ethyl adjacent to an activating group) is 1. The van der Waals surface area contributed by atoms with Crippen molar-refractivity contribution in [3.8, 4) is 0 Å². The van der Waals surface area contributed by atoms with E-state index < -0.39 is 16.5 Å². The molecule has 2 unspecified atom stereocenters. The lowest BCUT2D eigenvalue weighted by molar-refractivity contribution is -0.871. The highest BCUT2D eigenvalue weighted by molar-refractivity contribution is 7.79. The standard InChI is InChI=1S/C5H13NO3S/c1-6(2,3)4-5(7)10(8)9/h5,7H,4H2,1-3H3. The van der Waals surface area contributed by atoms with Gasteiger partial charge < -0.3 is 14.1 Å². The summed E-state index contributed by atoms with van der Waals surface area (Å²) in [6.07, 6.45) is 0. The first-order valence-corrected chi connectivity index (χ1v) is 4.03. The summed E-state index contributed by atoms with van der Waals surface area (Å²) in [6, 6.07) is 0. The Kier molecular flexibility index (Phi) is 3.44. The van der Waals surface area contributed by atoms with Crippen molar-refractivity contribution in [3.63, 3.8) is 0 Å². The normalized spacial score (nSPS) is 18.5. The van der Waals surface area contributed by atoms with Crippen molar-refractivity contribution in [2.45, 2.75) is 5.44 Å². The Morgan fingerprint density at radius 3 is 2.10 bits per heavy atom. The third-order valence-corrected chi connectivity index (χ3v) is 1.52. The van der Waals surface area contributed by atoms with Crippen molar-refractivity contribution in [1.29, 1.82) is 0 Å². The molecule has 0 aromatic rings. The van der Waals surface area contributed by atoms with Crippen LogP contribution < -0.4 is 0 Å². The van der Waals surface area contributed by atoms with Crippen molar-refractivity contribution in [2.24, 2.45) is 0 Å². The molecule has 10 heavy (non-hydrogen) atoms. The molecule has 1 N–H and O–H groups in total. The molecule has 0 aliphatic heterocycles. The Labute approximate surface area is 63.3 Å². The average molecular weight is 167 g/mol. The van der Waals surface area contributed by atoms with Crippen LogP contribution >= 0.6 is 0 Å². The van der Waals surface area contributed by atoms with Gasteiger partial charge in [-0.1, -0.05) is 0 Å². The van der Waals surface area contributed by atoms with Crippen LogP contribution in [0.25, 0.3) is 0 Å². The van der Waals surface area contributed by atoms with Gasteiger partial charge in [0.15, 0.2) is 5.44 Å². The van der Waals surface area contributed by atoms with Gasteiger partial charge in [0.2, 0.25) is 0 Å². The SMILES string of the molecule is C[N+](C)(C)CC(O)S(=O)[O-]. The summed E-state index contributed by atoms with van der Waals surface area (Å²) in [5, 5.41) is 8.83. The maximum Gasteiger partial charge on any atom is 0.164 e. The third-order valence-electron chi connectivity index (χ3n) is 0.926. The topological polar surface area (TPSA) is 60.4 Å². The van der Waals surface area contributed by atoms with Crippen LogP contribution in [0.3, 0.4) is 0 Å². The smallest absolute Gasteiger partial charge is 0.164 e. The third kappa shape index (κ3) is 4.87. The Morgan fingerprint density at radius 2 is 2.00 bits per heavy atom. The molecule has 0 rings (SSSR count). The van der Waals surface area contributed by atoms with Gasteiger partial charge in [0, 0.05) is 0 Å². The van der Waals surface area contributed by atoms with Gasteiger partial charge in [0.1, 0.15) is 6.54 Å². The number of aliphatic hydroxyl groups excluding tert-OH is 1. The van der Waals surface area contributed by atoms with E-state index in [4.69, 9.17) is 5.11 Å². The Hall–Kier alpha value is 0.0300. The van der Waals surface area contributed by atoms with Crippen molar-refractivity contribution >= 4 is 11.1 Å². The summed E-state index contributed by atoms with van der Waals surface area (Å²) in [6.45, 7) is 0.218. The van der Waals surface area contributed by atoms with E-state index in [1.54, 1.807) is 0 Å². The maximum atomic E-state index is 10.1. The van der Waals surface area contributed by atoms with Crippen LogP contribution in [0, 0.1) is 0 Å². The van der Waals surface area contributed by atoms with Gasteiger partial charge in [0.25, 0.3) is 0 Å². The number of hydrogen-bond acceptors (Lipinski definition) is 3. The van der Waals surface area contributed by atoms with E-state index >= 15 is 0 Å². The van der Waals surface area contributed by atoms with Gasteiger partial charge in [-0.05, 0) is 11.1 Å². The second-order valence-electron chi connectivity index (χ2n) is 3.19. The molecule has 0 spiro atoms. The Balaban J connectivity index is 3.80. The van der Waals surface area contributed by atoms with Crippen molar-refractivity contribution in [3.05, 3.63) is 0 Å². The van der Waals surface area contributed by atoms with Crippen LogP contribution in [-0.4, -0.2) is 51.5 Å². The van der Waals surface area contributed by atoms with Gasteiger partial charge >= 0.3 is 0 Å². The van der Waals surface area contributed by atoms with Gasteiger partial charge in [-0.25, -0.2) is 0 Å². The largest absolute Gasteiger partial charge is 0.770 e. The molecule has 0 aliphatic rings. The lowest BCUT2D eigenvalue weighted by atomic mass is 10.5. The lowest BCUT2D eigenvalue weighted by Gasteiger charge is -2.27. The highest BCUT2D eigenvalue weighted by atomic mass is 32.2. The molecule has 2 atom stereocenters. The van der Waals surface area contributed by atoms with Gasteiger partial charge in [-0.3, -0.25) is 4.21 Å². The highest BCUT2D eigenvalue weighted by Gasteiger charge is 2.14. The summed E-state index contributed by atoms with van der Waals surface area (Å²) in [7, 11) is 5.45. The minimum absolute atomic E-state index is 0.218. The molecule has 4 nitrogen and oxygen atoms in total. The van der Waals surface area contributed by atoms with Crippen LogP contribution in [0.4, 0.5) is 0 Å². The number of quaternary nitrogens is 1. The van der Waals surface area contributed by atoms with Crippen molar-refractivity contribution in [1.82, 2.24) is 0 Å². The molecule has 62 valence electrons. The van der Waals surface area contributed by atoms with E-state index in [1.807, 2.05) is 21.1 Å². The average Bonchev–Trinajstić information content (AvgIpc) is 1.60. The fourth-order valence-electron chi connectivity index (χ4n) is 0.529. The fraction of sp³-hybridized carbons (Fsp3) is 1.00.